The number of rotatable bonds is 3. The van der Waals surface area contributed by atoms with E-state index in [1.54, 1.807) is 0 Å². The number of nitrogens with one attached hydrogen (secondary N) is 2. The number of benzene rings is 1. The van der Waals surface area contributed by atoms with Crippen LogP contribution < -0.4 is 4.90 Å². The summed E-state index contributed by atoms with van der Waals surface area (Å²) in [6.45, 7) is 4.71. The number of nitrogens with zero attached hydrogens (tertiary/aromatic N) is 5. The Labute approximate surface area is 175 Å². The van der Waals surface area contributed by atoms with Crippen molar-refractivity contribution in [3.8, 4) is 11.5 Å². The molecule has 0 saturated carbocycles. The van der Waals surface area contributed by atoms with E-state index in [-0.39, 0.29) is 0 Å². The number of pyridine rings is 1. The van der Waals surface area contributed by atoms with Gasteiger partial charge >= 0.3 is 0 Å². The predicted molar refractivity (Wildman–Crippen MR) is 120 cm³/mol. The number of aromatic nitrogens is 5. The van der Waals surface area contributed by atoms with Gasteiger partial charge in [-0.3, -0.25) is 5.10 Å². The molecule has 5 heterocycles. The lowest BCUT2D eigenvalue weighted by Crippen LogP contribution is -2.46. The zero-order chi connectivity index (χ0) is 19.9. The summed E-state index contributed by atoms with van der Waals surface area (Å²) in [7, 11) is 0. The van der Waals surface area contributed by atoms with Gasteiger partial charge in [0.1, 0.15) is 11.5 Å². The van der Waals surface area contributed by atoms with Crippen LogP contribution in [0.2, 0.25) is 0 Å². The van der Waals surface area contributed by atoms with E-state index in [1.807, 2.05) is 18.2 Å². The Kier molecular flexibility index (Phi) is 4.41. The van der Waals surface area contributed by atoms with Gasteiger partial charge in [0.05, 0.1) is 11.0 Å². The van der Waals surface area contributed by atoms with Crippen molar-refractivity contribution in [3.63, 3.8) is 0 Å². The van der Waals surface area contributed by atoms with Crippen LogP contribution in [0.5, 0.6) is 0 Å². The Morgan fingerprint density at radius 1 is 0.833 bits per heavy atom. The number of imidazole rings is 1. The van der Waals surface area contributed by atoms with E-state index in [0.717, 1.165) is 58.5 Å². The molecule has 0 bridgehead atoms. The summed E-state index contributed by atoms with van der Waals surface area (Å²) in [5.41, 5.74) is 3.56. The Hall–Kier alpha value is -2.93. The second-order valence-corrected chi connectivity index (χ2v) is 8.56. The molecule has 2 aliphatic rings. The lowest BCUT2D eigenvalue weighted by atomic mass is 10.00. The molecule has 4 aromatic rings. The topological polar surface area (TPSA) is 76.7 Å². The van der Waals surface area contributed by atoms with Gasteiger partial charge in [0.25, 0.3) is 0 Å². The number of hydrogen-bond acceptors (Lipinski definition) is 5. The van der Waals surface area contributed by atoms with Crippen LogP contribution in [0, 0.1) is 0 Å². The zero-order valence-corrected chi connectivity index (χ0v) is 17.1. The van der Waals surface area contributed by atoms with Crippen molar-refractivity contribution in [2.45, 2.75) is 38.1 Å². The van der Waals surface area contributed by atoms with E-state index in [4.69, 9.17) is 9.97 Å². The SMILES string of the molecule is c1ccc2c(-c3nc4nc(N5CCC(N6CCCCC6)CC5)ccc4[nH]3)n[nH]c2c1. The first kappa shape index (κ1) is 17.9. The van der Waals surface area contributed by atoms with Crippen LogP contribution >= 0.6 is 0 Å². The van der Waals surface area contributed by atoms with Crippen molar-refractivity contribution in [2.75, 3.05) is 31.1 Å². The Balaban J connectivity index is 1.22. The van der Waals surface area contributed by atoms with Gasteiger partial charge in [0.2, 0.25) is 0 Å². The van der Waals surface area contributed by atoms with E-state index in [0.29, 0.717) is 0 Å². The first-order valence-corrected chi connectivity index (χ1v) is 11.1. The maximum Gasteiger partial charge on any atom is 0.180 e. The Morgan fingerprint density at radius 3 is 2.53 bits per heavy atom. The largest absolute Gasteiger partial charge is 0.356 e. The average Bonchev–Trinajstić information content (AvgIpc) is 3.43. The second-order valence-electron chi connectivity index (χ2n) is 8.56. The van der Waals surface area contributed by atoms with E-state index >= 15 is 0 Å². The van der Waals surface area contributed by atoms with Gasteiger partial charge in [-0.25, -0.2) is 9.97 Å². The number of hydrogen-bond donors (Lipinski definition) is 2. The number of aromatic amines is 2. The van der Waals surface area contributed by atoms with Crippen LogP contribution in [0.4, 0.5) is 5.82 Å². The van der Waals surface area contributed by atoms with Gasteiger partial charge in [-0.15, -0.1) is 0 Å². The molecule has 7 nitrogen and oxygen atoms in total. The average molecular weight is 402 g/mol. The number of anilines is 1. The van der Waals surface area contributed by atoms with Gasteiger partial charge in [-0.1, -0.05) is 24.6 Å². The zero-order valence-electron chi connectivity index (χ0n) is 17.1. The Bertz CT molecular complexity index is 1160. The molecular weight excluding hydrogens is 374 g/mol. The summed E-state index contributed by atoms with van der Waals surface area (Å²) >= 11 is 0. The minimum Gasteiger partial charge on any atom is -0.356 e. The molecule has 3 aromatic heterocycles. The van der Waals surface area contributed by atoms with Crippen molar-refractivity contribution in [3.05, 3.63) is 36.4 Å². The van der Waals surface area contributed by atoms with E-state index < -0.39 is 0 Å². The molecule has 1 aromatic carbocycles. The third-order valence-corrected chi connectivity index (χ3v) is 6.72. The fourth-order valence-corrected chi connectivity index (χ4v) is 5.06. The standard InChI is InChI=1S/C23H27N7/c1-4-12-29(13-5-1)16-10-14-30(15-11-16)20-9-8-19-22(25-20)26-23(24-19)21-17-6-2-3-7-18(17)27-28-21/h2-3,6-9,16H,1,4-5,10-15H2,(H,27,28)(H,24,25,26). The summed E-state index contributed by atoms with van der Waals surface area (Å²) in [6, 6.07) is 13.1. The molecule has 0 radical (unpaired) electrons. The normalized spacial score (nSPS) is 19.1. The van der Waals surface area contributed by atoms with Crippen molar-refractivity contribution < 1.29 is 0 Å². The van der Waals surface area contributed by atoms with Crippen molar-refractivity contribution in [2.24, 2.45) is 0 Å². The van der Waals surface area contributed by atoms with E-state index in [1.165, 1.54) is 45.2 Å². The number of H-pyrrole nitrogens is 2. The number of para-hydroxylation sites is 1. The Morgan fingerprint density at radius 2 is 1.67 bits per heavy atom. The molecule has 7 heteroatoms. The van der Waals surface area contributed by atoms with Crippen molar-refractivity contribution >= 4 is 27.9 Å². The lowest BCUT2D eigenvalue weighted by molar-refractivity contribution is 0.141. The predicted octanol–water partition coefficient (Wildman–Crippen LogP) is 3.96. The maximum absolute atomic E-state index is 4.88. The molecule has 0 aliphatic carbocycles. The van der Waals surface area contributed by atoms with E-state index in [9.17, 15) is 0 Å². The van der Waals surface area contributed by atoms with Crippen LogP contribution in [0.25, 0.3) is 33.6 Å². The highest BCUT2D eigenvalue weighted by molar-refractivity contribution is 5.92. The van der Waals surface area contributed by atoms with Crippen LogP contribution in [-0.2, 0) is 0 Å². The summed E-state index contributed by atoms with van der Waals surface area (Å²) in [6.07, 6.45) is 6.59. The number of fused-ring (bicyclic) bond motifs is 2. The molecular formula is C23H27N7. The van der Waals surface area contributed by atoms with Gasteiger partial charge in [-0.2, -0.15) is 5.10 Å². The van der Waals surface area contributed by atoms with Gasteiger partial charge < -0.3 is 14.8 Å². The van der Waals surface area contributed by atoms with E-state index in [2.05, 4.69) is 43.2 Å². The molecule has 2 saturated heterocycles. The summed E-state index contributed by atoms with van der Waals surface area (Å²) < 4.78 is 0. The lowest BCUT2D eigenvalue weighted by Gasteiger charge is -2.40. The van der Waals surface area contributed by atoms with Crippen molar-refractivity contribution in [1.82, 2.24) is 30.0 Å². The molecule has 2 N–H and O–H groups in total. The third kappa shape index (κ3) is 3.13. The first-order chi connectivity index (χ1) is 14.8. The second kappa shape index (κ2) is 7.40. The molecule has 0 spiro atoms. The first-order valence-electron chi connectivity index (χ1n) is 11.1. The molecule has 2 aliphatic heterocycles. The summed E-state index contributed by atoms with van der Waals surface area (Å²) in [5, 5.41) is 8.61. The van der Waals surface area contributed by atoms with Crippen LogP contribution in [-0.4, -0.2) is 62.3 Å². The smallest absolute Gasteiger partial charge is 0.180 e. The molecule has 6 rings (SSSR count). The highest BCUT2D eigenvalue weighted by Gasteiger charge is 2.26. The summed E-state index contributed by atoms with van der Waals surface area (Å²) in [5.74, 6) is 1.79. The molecule has 154 valence electrons. The number of likely N-dealkylation sites (tertiary alicyclic amines) is 1. The number of piperidine rings is 2. The molecule has 0 amide bonds. The van der Waals surface area contributed by atoms with Crippen LogP contribution in [0.15, 0.2) is 36.4 Å². The fourth-order valence-electron chi connectivity index (χ4n) is 5.06. The van der Waals surface area contributed by atoms with Gasteiger partial charge in [0, 0.05) is 24.5 Å². The highest BCUT2D eigenvalue weighted by atomic mass is 15.2. The van der Waals surface area contributed by atoms with Gasteiger partial charge in [-0.05, 0) is 57.0 Å². The minimum atomic E-state index is 0.746. The highest BCUT2D eigenvalue weighted by Crippen LogP contribution is 2.28. The molecule has 30 heavy (non-hydrogen) atoms. The van der Waals surface area contributed by atoms with Gasteiger partial charge in [0.15, 0.2) is 11.5 Å². The summed E-state index contributed by atoms with van der Waals surface area (Å²) in [4.78, 5) is 18.2. The quantitative estimate of drug-likeness (QED) is 0.543. The molecule has 0 unspecified atom stereocenters. The van der Waals surface area contributed by atoms with Crippen LogP contribution in [0.3, 0.4) is 0 Å². The monoisotopic (exact) mass is 401 g/mol. The fraction of sp³-hybridized carbons (Fsp3) is 0.435. The van der Waals surface area contributed by atoms with Crippen LogP contribution in [0.1, 0.15) is 32.1 Å². The third-order valence-electron chi connectivity index (χ3n) is 6.72. The maximum atomic E-state index is 4.88. The minimum absolute atomic E-state index is 0.746. The molecule has 2 fully saturated rings. The molecule has 0 atom stereocenters. The van der Waals surface area contributed by atoms with Crippen molar-refractivity contribution in [1.29, 1.82) is 0 Å².